The van der Waals surface area contributed by atoms with Crippen LogP contribution in [0.5, 0.6) is 0 Å². The average Bonchev–Trinajstić information content (AvgIpc) is 2.97. The van der Waals surface area contributed by atoms with Gasteiger partial charge in [-0.15, -0.1) is 0 Å². The molecule has 2 saturated heterocycles. The first-order valence-corrected chi connectivity index (χ1v) is 14.4. The first-order valence-electron chi connectivity index (χ1n) is 13.6. The standard InChI is InChI=1S/C28H31Cl2F3N6O6/c1-14(29)39(38-35-3)22-23-20(12-43-27(45-23)16-7-5-4-6-8-16)44-25(24(22)42-13-21(40)41)26(36-15(2)34)37-19-11-17(30)9-10-18(19)28(31,32)33/h4-11,14,20,22-25,27H,12-13H2,1-3H3,(H,40,41)(H2,34,36,37)/b38-35-/t14?,20-,22+,23+,24-,25-,27?/m1/s1. The number of aliphatic imine (C=N–C) groups is 1. The van der Waals surface area contributed by atoms with Crippen LogP contribution in [0.3, 0.4) is 0 Å². The second-order valence-corrected chi connectivity index (χ2v) is 11.1. The summed E-state index contributed by atoms with van der Waals surface area (Å²) < 4.78 is 66.5. The molecule has 4 rings (SSSR count). The van der Waals surface area contributed by atoms with Crippen LogP contribution in [-0.2, 0) is 29.9 Å². The Hall–Kier alpha value is -3.34. The highest BCUT2D eigenvalue weighted by Gasteiger charge is 2.55. The van der Waals surface area contributed by atoms with Gasteiger partial charge in [-0.05, 0) is 32.0 Å². The molecule has 3 N–H and O–H groups in total. The summed E-state index contributed by atoms with van der Waals surface area (Å²) in [5.74, 6) is -1.94. The molecule has 0 spiro atoms. The van der Waals surface area contributed by atoms with Gasteiger partial charge in [0, 0.05) is 10.6 Å². The lowest BCUT2D eigenvalue weighted by Crippen LogP contribution is -2.69. The smallest absolute Gasteiger partial charge is 0.418 e. The molecule has 0 bridgehead atoms. The molecule has 0 amide bonds. The molecule has 244 valence electrons. The number of amidine groups is 2. The van der Waals surface area contributed by atoms with Crippen molar-refractivity contribution in [3.63, 3.8) is 0 Å². The molecular formula is C28H31Cl2F3N6O6. The average molecular weight is 675 g/mol. The third kappa shape index (κ3) is 8.48. The Morgan fingerprint density at radius 1 is 1.24 bits per heavy atom. The van der Waals surface area contributed by atoms with Crippen molar-refractivity contribution in [3.05, 3.63) is 64.7 Å². The van der Waals surface area contributed by atoms with Crippen LogP contribution < -0.4 is 5.32 Å². The minimum Gasteiger partial charge on any atom is -0.480 e. The Balaban J connectivity index is 1.85. The number of nitrogens with zero attached hydrogens (tertiary/aromatic N) is 4. The Kier molecular flexibility index (Phi) is 11.4. The van der Waals surface area contributed by atoms with E-state index in [0.717, 1.165) is 18.2 Å². The fourth-order valence-corrected chi connectivity index (χ4v) is 5.42. The molecule has 2 unspecified atom stereocenters. The van der Waals surface area contributed by atoms with Crippen LogP contribution in [0.1, 0.15) is 31.3 Å². The Morgan fingerprint density at radius 3 is 2.56 bits per heavy atom. The normalized spacial score (nSPS) is 26.3. The lowest BCUT2D eigenvalue weighted by atomic mass is 9.90. The lowest BCUT2D eigenvalue weighted by Gasteiger charge is -2.52. The van der Waals surface area contributed by atoms with Gasteiger partial charge in [-0.2, -0.15) is 18.3 Å². The monoisotopic (exact) mass is 674 g/mol. The number of fused-ring (bicyclic) bond motifs is 1. The summed E-state index contributed by atoms with van der Waals surface area (Å²) in [5.41, 5.74) is -1.73. The van der Waals surface area contributed by atoms with Crippen molar-refractivity contribution in [2.45, 2.75) is 62.3 Å². The summed E-state index contributed by atoms with van der Waals surface area (Å²) in [6, 6.07) is 10.9. The van der Waals surface area contributed by atoms with E-state index < -0.39 is 72.3 Å². The fourth-order valence-electron chi connectivity index (χ4n) is 5.07. The van der Waals surface area contributed by atoms with E-state index in [-0.39, 0.29) is 23.3 Å². The predicted octanol–water partition coefficient (Wildman–Crippen LogP) is 5.77. The first-order chi connectivity index (χ1) is 21.3. The minimum absolute atomic E-state index is 0.0101. The zero-order valence-corrected chi connectivity index (χ0v) is 25.8. The van der Waals surface area contributed by atoms with E-state index in [1.807, 2.05) is 6.07 Å². The molecule has 17 heteroatoms. The van der Waals surface area contributed by atoms with Gasteiger partial charge in [-0.3, -0.25) is 10.4 Å². The molecule has 0 aliphatic carbocycles. The van der Waals surface area contributed by atoms with Crippen LogP contribution in [0.4, 0.5) is 18.9 Å². The number of hydrogen-bond donors (Lipinski definition) is 3. The summed E-state index contributed by atoms with van der Waals surface area (Å²) >= 11 is 12.6. The largest absolute Gasteiger partial charge is 0.480 e. The number of hydrogen-bond acceptors (Lipinski definition) is 8. The van der Waals surface area contributed by atoms with Gasteiger partial charge in [0.25, 0.3) is 0 Å². The van der Waals surface area contributed by atoms with Gasteiger partial charge >= 0.3 is 12.1 Å². The maximum Gasteiger partial charge on any atom is 0.418 e. The number of carboxylic acid groups (broad SMARTS) is 1. The van der Waals surface area contributed by atoms with Crippen molar-refractivity contribution in [2.75, 3.05) is 25.6 Å². The number of anilines is 1. The lowest BCUT2D eigenvalue weighted by molar-refractivity contribution is -0.316. The molecule has 2 aliphatic rings. The minimum atomic E-state index is -4.79. The van der Waals surface area contributed by atoms with Crippen LogP contribution in [0.15, 0.2) is 63.9 Å². The second-order valence-electron chi connectivity index (χ2n) is 10.1. The van der Waals surface area contributed by atoms with Gasteiger partial charge in [0.15, 0.2) is 6.29 Å². The van der Waals surface area contributed by atoms with Crippen molar-refractivity contribution in [1.82, 2.24) is 5.01 Å². The van der Waals surface area contributed by atoms with Gasteiger partial charge in [0.05, 0.1) is 24.9 Å². The van der Waals surface area contributed by atoms with Gasteiger partial charge in [-0.25, -0.2) is 9.79 Å². The Bertz CT molecular complexity index is 1420. The topological polar surface area (TPSA) is 150 Å². The van der Waals surface area contributed by atoms with E-state index in [4.69, 9.17) is 47.6 Å². The maximum atomic E-state index is 14.0. The third-order valence-electron chi connectivity index (χ3n) is 6.79. The predicted molar refractivity (Wildman–Crippen MR) is 159 cm³/mol. The second kappa shape index (κ2) is 14.8. The summed E-state index contributed by atoms with van der Waals surface area (Å²) in [6.45, 7) is 2.00. The van der Waals surface area contributed by atoms with Crippen molar-refractivity contribution in [2.24, 2.45) is 15.3 Å². The molecule has 2 aromatic rings. The van der Waals surface area contributed by atoms with Crippen LogP contribution >= 0.6 is 23.2 Å². The molecular weight excluding hydrogens is 644 g/mol. The molecule has 2 aromatic carbocycles. The highest BCUT2D eigenvalue weighted by Crippen LogP contribution is 2.40. The van der Waals surface area contributed by atoms with E-state index in [9.17, 15) is 23.1 Å². The summed E-state index contributed by atoms with van der Waals surface area (Å²) in [5, 5.41) is 29.6. The van der Waals surface area contributed by atoms with Gasteiger partial charge < -0.3 is 29.4 Å². The maximum absolute atomic E-state index is 14.0. The highest BCUT2D eigenvalue weighted by atomic mass is 35.5. The van der Waals surface area contributed by atoms with E-state index in [2.05, 4.69) is 20.6 Å². The number of carboxylic acids is 1. The Morgan fingerprint density at radius 2 is 1.96 bits per heavy atom. The number of benzene rings is 2. The third-order valence-corrected chi connectivity index (χ3v) is 7.23. The molecule has 2 heterocycles. The molecule has 7 atom stereocenters. The van der Waals surface area contributed by atoms with Crippen molar-refractivity contribution >= 4 is 46.5 Å². The van der Waals surface area contributed by atoms with Crippen LogP contribution in [0, 0.1) is 5.41 Å². The molecule has 0 saturated carbocycles. The summed E-state index contributed by atoms with van der Waals surface area (Å²) in [4.78, 5) is 15.9. The van der Waals surface area contributed by atoms with E-state index in [1.165, 1.54) is 19.0 Å². The Labute approximate surface area is 266 Å². The zero-order valence-electron chi connectivity index (χ0n) is 24.2. The quantitative estimate of drug-likeness (QED) is 0.0758. The number of alkyl halides is 4. The van der Waals surface area contributed by atoms with E-state index in [1.54, 1.807) is 31.2 Å². The molecule has 12 nitrogen and oxygen atoms in total. The van der Waals surface area contributed by atoms with Crippen molar-refractivity contribution in [3.8, 4) is 0 Å². The van der Waals surface area contributed by atoms with Gasteiger partial charge in [0.1, 0.15) is 54.2 Å². The number of halogens is 5. The zero-order chi connectivity index (χ0) is 32.9. The van der Waals surface area contributed by atoms with E-state index in [0.29, 0.717) is 5.56 Å². The van der Waals surface area contributed by atoms with E-state index >= 15 is 0 Å². The van der Waals surface area contributed by atoms with Crippen molar-refractivity contribution in [1.29, 1.82) is 5.41 Å². The number of aliphatic carboxylic acids is 1. The molecule has 45 heavy (non-hydrogen) atoms. The van der Waals surface area contributed by atoms with Gasteiger partial charge in [0.2, 0.25) is 0 Å². The molecule has 0 aromatic heterocycles. The van der Waals surface area contributed by atoms with Gasteiger partial charge in [-0.1, -0.05) is 58.8 Å². The molecule has 2 fully saturated rings. The SMILES string of the molecule is C/N=N\N(C(C)Cl)[C@H]1[C@H]2OC(c3ccccc3)OC[C@H]2O[C@@H](/C(=N/C(C)=N)Nc2cc(Cl)ccc2C(F)(F)F)[C@@H]1OCC(=O)O. The number of carbonyl (C=O) groups is 1. The number of nitrogens with one attached hydrogen (secondary N) is 2. The molecule has 2 aliphatic heterocycles. The number of ether oxygens (including phenoxy) is 4. The number of rotatable bonds is 9. The fraction of sp³-hybridized carbons (Fsp3) is 0.464. The highest BCUT2D eigenvalue weighted by molar-refractivity contribution is 6.31. The van der Waals surface area contributed by atoms with Crippen LogP contribution in [0.2, 0.25) is 5.02 Å². The van der Waals surface area contributed by atoms with Crippen LogP contribution in [0.25, 0.3) is 0 Å². The summed E-state index contributed by atoms with van der Waals surface area (Å²) in [6.07, 6.45) is -10.2. The van der Waals surface area contributed by atoms with Crippen molar-refractivity contribution < 1.29 is 42.0 Å². The summed E-state index contributed by atoms with van der Waals surface area (Å²) in [7, 11) is 1.40. The van der Waals surface area contributed by atoms with Crippen LogP contribution in [-0.4, -0.2) is 84.0 Å². The molecule has 0 radical (unpaired) electrons. The first kappa shape index (κ1) is 34.5.